The van der Waals surface area contributed by atoms with Gasteiger partial charge in [0, 0.05) is 17.1 Å². The third kappa shape index (κ3) is 3.54. The van der Waals surface area contributed by atoms with Crippen LogP contribution >= 0.6 is 0 Å². The summed E-state index contributed by atoms with van der Waals surface area (Å²) in [6.07, 6.45) is 4.12. The Bertz CT molecular complexity index is 506. The average Bonchev–Trinajstić information content (AvgIpc) is 2.33. The van der Waals surface area contributed by atoms with E-state index in [1.165, 1.54) is 10.9 Å². The lowest BCUT2D eigenvalue weighted by molar-refractivity contribution is 0.422. The molecule has 0 unspecified atom stereocenters. The molecule has 2 rings (SSSR count). The van der Waals surface area contributed by atoms with Crippen molar-refractivity contribution < 1.29 is 0 Å². The molecule has 1 aromatic carbocycles. The van der Waals surface area contributed by atoms with Crippen molar-refractivity contribution in [3.8, 4) is 0 Å². The second-order valence-corrected chi connectivity index (χ2v) is 5.77. The first kappa shape index (κ1) is 13.0. The first-order valence-corrected chi connectivity index (χ1v) is 6.64. The predicted molar refractivity (Wildman–Crippen MR) is 77.8 cm³/mol. The Morgan fingerprint density at radius 3 is 2.72 bits per heavy atom. The maximum absolute atomic E-state index is 4.39. The Morgan fingerprint density at radius 2 is 1.94 bits per heavy atom. The SMILES string of the molecule is CC(C)(C)NCCCc1cccc2ncccc12. The van der Waals surface area contributed by atoms with E-state index in [2.05, 4.69) is 55.3 Å². The van der Waals surface area contributed by atoms with Crippen LogP contribution in [0.25, 0.3) is 10.9 Å². The monoisotopic (exact) mass is 242 g/mol. The lowest BCUT2D eigenvalue weighted by atomic mass is 10.0. The molecule has 0 aliphatic rings. The van der Waals surface area contributed by atoms with Crippen LogP contribution in [0.15, 0.2) is 36.5 Å². The summed E-state index contributed by atoms with van der Waals surface area (Å²) in [5, 5.41) is 4.81. The molecule has 1 heterocycles. The van der Waals surface area contributed by atoms with Crippen LogP contribution in [0, 0.1) is 0 Å². The van der Waals surface area contributed by atoms with Crippen molar-refractivity contribution in [2.24, 2.45) is 0 Å². The maximum atomic E-state index is 4.39. The van der Waals surface area contributed by atoms with Gasteiger partial charge in [-0.05, 0) is 57.9 Å². The maximum Gasteiger partial charge on any atom is 0.0704 e. The molecular weight excluding hydrogens is 220 g/mol. The van der Waals surface area contributed by atoms with Gasteiger partial charge < -0.3 is 5.32 Å². The second-order valence-electron chi connectivity index (χ2n) is 5.77. The molecule has 0 saturated carbocycles. The number of fused-ring (bicyclic) bond motifs is 1. The summed E-state index contributed by atoms with van der Waals surface area (Å²) in [5.74, 6) is 0. The summed E-state index contributed by atoms with van der Waals surface area (Å²) in [6.45, 7) is 7.67. The van der Waals surface area contributed by atoms with E-state index < -0.39 is 0 Å². The fourth-order valence-corrected chi connectivity index (χ4v) is 2.13. The molecule has 18 heavy (non-hydrogen) atoms. The highest BCUT2D eigenvalue weighted by Gasteiger charge is 2.07. The molecule has 0 aliphatic heterocycles. The van der Waals surface area contributed by atoms with E-state index >= 15 is 0 Å². The van der Waals surface area contributed by atoms with Crippen LogP contribution in [0.5, 0.6) is 0 Å². The van der Waals surface area contributed by atoms with Gasteiger partial charge >= 0.3 is 0 Å². The minimum absolute atomic E-state index is 0.209. The van der Waals surface area contributed by atoms with Gasteiger partial charge in [-0.1, -0.05) is 18.2 Å². The van der Waals surface area contributed by atoms with Crippen LogP contribution in [-0.2, 0) is 6.42 Å². The summed E-state index contributed by atoms with van der Waals surface area (Å²) in [5.41, 5.74) is 2.70. The van der Waals surface area contributed by atoms with Gasteiger partial charge in [-0.25, -0.2) is 0 Å². The van der Waals surface area contributed by atoms with Crippen LogP contribution in [0.2, 0.25) is 0 Å². The number of aryl methyl sites for hydroxylation is 1. The van der Waals surface area contributed by atoms with E-state index in [9.17, 15) is 0 Å². The molecule has 0 fully saturated rings. The standard InChI is InChI=1S/C16H22N2/c1-16(2,3)18-12-5-8-13-7-4-10-15-14(13)9-6-11-17-15/h4,6-7,9-11,18H,5,8,12H2,1-3H3. The van der Waals surface area contributed by atoms with Crippen molar-refractivity contribution in [2.75, 3.05) is 6.54 Å². The number of hydrogen-bond acceptors (Lipinski definition) is 2. The highest BCUT2D eigenvalue weighted by molar-refractivity contribution is 5.81. The van der Waals surface area contributed by atoms with E-state index in [-0.39, 0.29) is 5.54 Å². The molecule has 0 spiro atoms. The lowest BCUT2D eigenvalue weighted by Crippen LogP contribution is -2.36. The third-order valence-corrected chi connectivity index (χ3v) is 3.01. The molecule has 1 N–H and O–H groups in total. The molecule has 2 nitrogen and oxygen atoms in total. The zero-order valence-electron chi connectivity index (χ0n) is 11.5. The number of aromatic nitrogens is 1. The van der Waals surface area contributed by atoms with E-state index in [0.717, 1.165) is 24.9 Å². The number of pyridine rings is 1. The number of nitrogens with one attached hydrogen (secondary N) is 1. The van der Waals surface area contributed by atoms with Crippen molar-refractivity contribution in [3.63, 3.8) is 0 Å². The molecule has 0 aliphatic carbocycles. The fourth-order valence-electron chi connectivity index (χ4n) is 2.13. The van der Waals surface area contributed by atoms with Crippen LogP contribution < -0.4 is 5.32 Å². The summed E-state index contributed by atoms with van der Waals surface area (Å²) >= 11 is 0. The quantitative estimate of drug-likeness (QED) is 0.829. The van der Waals surface area contributed by atoms with Crippen molar-refractivity contribution in [1.82, 2.24) is 10.3 Å². The molecular formula is C16H22N2. The Balaban J connectivity index is 2.00. The molecule has 0 saturated heterocycles. The van der Waals surface area contributed by atoms with Gasteiger partial charge in [-0.3, -0.25) is 4.98 Å². The van der Waals surface area contributed by atoms with Crippen molar-refractivity contribution >= 4 is 10.9 Å². The fraction of sp³-hybridized carbons (Fsp3) is 0.438. The van der Waals surface area contributed by atoms with Crippen molar-refractivity contribution in [3.05, 3.63) is 42.1 Å². The first-order chi connectivity index (χ1) is 8.56. The van der Waals surface area contributed by atoms with E-state index in [0.29, 0.717) is 0 Å². The molecule has 2 aromatic rings. The van der Waals surface area contributed by atoms with Crippen LogP contribution in [0.4, 0.5) is 0 Å². The second kappa shape index (κ2) is 5.49. The molecule has 2 heteroatoms. The van der Waals surface area contributed by atoms with Crippen LogP contribution in [-0.4, -0.2) is 17.1 Å². The van der Waals surface area contributed by atoms with Crippen LogP contribution in [0.1, 0.15) is 32.8 Å². The average molecular weight is 242 g/mol. The van der Waals surface area contributed by atoms with Crippen LogP contribution in [0.3, 0.4) is 0 Å². The Hall–Kier alpha value is -1.41. The first-order valence-electron chi connectivity index (χ1n) is 6.64. The van der Waals surface area contributed by atoms with Crippen molar-refractivity contribution in [1.29, 1.82) is 0 Å². The van der Waals surface area contributed by atoms with Crippen molar-refractivity contribution in [2.45, 2.75) is 39.2 Å². The minimum Gasteiger partial charge on any atom is -0.312 e. The zero-order valence-corrected chi connectivity index (χ0v) is 11.5. The summed E-state index contributed by atoms with van der Waals surface area (Å²) in [7, 11) is 0. The summed E-state index contributed by atoms with van der Waals surface area (Å²) in [4.78, 5) is 4.39. The molecule has 0 radical (unpaired) electrons. The van der Waals surface area contributed by atoms with Gasteiger partial charge in [0.1, 0.15) is 0 Å². The Morgan fingerprint density at radius 1 is 1.11 bits per heavy atom. The third-order valence-electron chi connectivity index (χ3n) is 3.01. The molecule has 0 bridgehead atoms. The zero-order chi connectivity index (χ0) is 13.0. The smallest absolute Gasteiger partial charge is 0.0704 e. The van der Waals surface area contributed by atoms with E-state index in [4.69, 9.17) is 0 Å². The van der Waals surface area contributed by atoms with Gasteiger partial charge in [0.2, 0.25) is 0 Å². The van der Waals surface area contributed by atoms with Gasteiger partial charge in [0.25, 0.3) is 0 Å². The highest BCUT2D eigenvalue weighted by atomic mass is 14.9. The molecule has 0 atom stereocenters. The number of hydrogen-bond donors (Lipinski definition) is 1. The Labute approximate surface area is 109 Å². The topological polar surface area (TPSA) is 24.9 Å². The largest absolute Gasteiger partial charge is 0.312 e. The normalized spacial score (nSPS) is 11.9. The number of rotatable bonds is 4. The molecule has 1 aromatic heterocycles. The van der Waals surface area contributed by atoms with Gasteiger partial charge in [-0.2, -0.15) is 0 Å². The number of nitrogens with zero attached hydrogens (tertiary/aromatic N) is 1. The van der Waals surface area contributed by atoms with E-state index in [1.54, 1.807) is 0 Å². The van der Waals surface area contributed by atoms with Gasteiger partial charge in [0.05, 0.1) is 5.52 Å². The molecule has 96 valence electrons. The van der Waals surface area contributed by atoms with Gasteiger partial charge in [-0.15, -0.1) is 0 Å². The number of benzene rings is 1. The predicted octanol–water partition coefficient (Wildman–Crippen LogP) is 3.56. The van der Waals surface area contributed by atoms with Gasteiger partial charge in [0.15, 0.2) is 0 Å². The van der Waals surface area contributed by atoms with E-state index in [1.807, 2.05) is 12.3 Å². The highest BCUT2D eigenvalue weighted by Crippen LogP contribution is 2.17. The summed E-state index contributed by atoms with van der Waals surface area (Å²) < 4.78 is 0. The summed E-state index contributed by atoms with van der Waals surface area (Å²) in [6, 6.07) is 10.6. The minimum atomic E-state index is 0.209. The molecule has 0 amide bonds. The lowest BCUT2D eigenvalue weighted by Gasteiger charge is -2.20. The Kier molecular flexibility index (Phi) is 3.97.